The van der Waals surface area contributed by atoms with Crippen molar-refractivity contribution < 1.29 is 0 Å². The number of aryl methyl sites for hydroxylation is 2. The Morgan fingerprint density at radius 2 is 1.80 bits per heavy atom. The number of nitrogens with zero attached hydrogens (tertiary/aromatic N) is 1. The summed E-state index contributed by atoms with van der Waals surface area (Å²) in [5, 5.41) is 3.73. The molecule has 1 aromatic rings. The van der Waals surface area contributed by atoms with Gasteiger partial charge in [0.15, 0.2) is 0 Å². The first kappa shape index (κ1) is 14.1. The summed E-state index contributed by atoms with van der Waals surface area (Å²) in [5.41, 5.74) is 4.62. The highest BCUT2D eigenvalue weighted by Crippen LogP contribution is 2.25. The van der Waals surface area contributed by atoms with E-state index in [0.717, 1.165) is 6.54 Å². The van der Waals surface area contributed by atoms with Gasteiger partial charge in [-0.3, -0.25) is 4.90 Å². The van der Waals surface area contributed by atoms with E-state index in [1.807, 2.05) is 0 Å². The molecule has 1 heterocycles. The topological polar surface area (TPSA) is 15.3 Å². The predicted molar refractivity (Wildman–Crippen MR) is 85.2 cm³/mol. The molecule has 110 valence electrons. The maximum Gasteiger partial charge on any atom is 0.0292 e. The Bertz CT molecular complexity index is 449. The molecule has 0 saturated carbocycles. The zero-order chi connectivity index (χ0) is 13.9. The Hall–Kier alpha value is -0.860. The van der Waals surface area contributed by atoms with E-state index in [2.05, 4.69) is 42.3 Å². The predicted octanol–water partition coefficient (Wildman–Crippen LogP) is 3.31. The minimum absolute atomic E-state index is 0.464. The minimum Gasteiger partial charge on any atom is -0.309 e. The van der Waals surface area contributed by atoms with Crippen LogP contribution in [-0.2, 0) is 12.8 Å². The summed E-state index contributed by atoms with van der Waals surface area (Å²) < 4.78 is 0. The zero-order valence-electron chi connectivity index (χ0n) is 13.0. The lowest BCUT2D eigenvalue weighted by atomic mass is 10.0. The second-order valence-corrected chi connectivity index (χ2v) is 6.60. The van der Waals surface area contributed by atoms with E-state index >= 15 is 0 Å². The second-order valence-electron chi connectivity index (χ2n) is 6.60. The van der Waals surface area contributed by atoms with Crippen LogP contribution in [0.15, 0.2) is 18.2 Å². The lowest BCUT2D eigenvalue weighted by Crippen LogP contribution is -2.39. The fourth-order valence-corrected chi connectivity index (χ4v) is 3.64. The first-order chi connectivity index (χ1) is 9.74. The zero-order valence-corrected chi connectivity index (χ0v) is 13.0. The third-order valence-corrected chi connectivity index (χ3v) is 5.11. The highest BCUT2D eigenvalue weighted by atomic mass is 15.2. The van der Waals surface area contributed by atoms with E-state index in [9.17, 15) is 0 Å². The molecule has 1 N–H and O–H groups in total. The summed E-state index contributed by atoms with van der Waals surface area (Å²) in [6.07, 6.45) is 6.66. The molecule has 2 unspecified atom stereocenters. The van der Waals surface area contributed by atoms with Gasteiger partial charge in [0.1, 0.15) is 0 Å². The third-order valence-electron chi connectivity index (χ3n) is 5.11. The molecule has 2 aliphatic rings. The molecular weight excluding hydrogens is 244 g/mol. The van der Waals surface area contributed by atoms with Gasteiger partial charge in [0, 0.05) is 18.6 Å². The SMILES string of the molecule is CC(NCC(C)N1CCCC1)c1ccc2c(c1)CCC2. The summed E-state index contributed by atoms with van der Waals surface area (Å²) in [5.74, 6) is 0. The highest BCUT2D eigenvalue weighted by Gasteiger charge is 2.19. The fraction of sp³-hybridized carbons (Fsp3) is 0.667. The molecule has 0 amide bonds. The molecular formula is C18H28N2. The standard InChI is InChI=1S/C18H28N2/c1-14(20-10-3-4-11-20)13-19-15(2)17-9-8-16-6-5-7-18(16)12-17/h8-9,12,14-15,19H,3-7,10-11,13H2,1-2H3. The number of benzene rings is 1. The molecule has 2 atom stereocenters. The highest BCUT2D eigenvalue weighted by molar-refractivity contribution is 5.36. The first-order valence-corrected chi connectivity index (χ1v) is 8.33. The van der Waals surface area contributed by atoms with Crippen molar-refractivity contribution in [3.63, 3.8) is 0 Å². The van der Waals surface area contributed by atoms with E-state index in [1.165, 1.54) is 50.8 Å². The number of nitrogens with one attached hydrogen (secondary N) is 1. The van der Waals surface area contributed by atoms with E-state index < -0.39 is 0 Å². The van der Waals surface area contributed by atoms with Crippen molar-refractivity contribution in [2.45, 2.75) is 58.0 Å². The van der Waals surface area contributed by atoms with Crippen LogP contribution in [0.2, 0.25) is 0 Å². The number of rotatable bonds is 5. The summed E-state index contributed by atoms with van der Waals surface area (Å²) in [7, 11) is 0. The molecule has 1 aromatic carbocycles. The van der Waals surface area contributed by atoms with E-state index in [1.54, 1.807) is 11.1 Å². The largest absolute Gasteiger partial charge is 0.309 e. The van der Waals surface area contributed by atoms with Gasteiger partial charge in [-0.05, 0) is 75.7 Å². The maximum atomic E-state index is 3.73. The van der Waals surface area contributed by atoms with Crippen molar-refractivity contribution in [1.82, 2.24) is 10.2 Å². The van der Waals surface area contributed by atoms with Crippen molar-refractivity contribution in [2.24, 2.45) is 0 Å². The fourth-order valence-electron chi connectivity index (χ4n) is 3.64. The van der Waals surface area contributed by atoms with Gasteiger partial charge in [-0.1, -0.05) is 18.2 Å². The van der Waals surface area contributed by atoms with Crippen LogP contribution in [-0.4, -0.2) is 30.6 Å². The molecule has 2 nitrogen and oxygen atoms in total. The smallest absolute Gasteiger partial charge is 0.0292 e. The van der Waals surface area contributed by atoms with Gasteiger partial charge in [0.05, 0.1) is 0 Å². The Kier molecular flexibility index (Phi) is 4.42. The van der Waals surface area contributed by atoms with Crippen LogP contribution in [0, 0.1) is 0 Å². The molecule has 1 aliphatic heterocycles. The molecule has 0 spiro atoms. The van der Waals surface area contributed by atoms with Gasteiger partial charge in [-0.25, -0.2) is 0 Å². The Morgan fingerprint density at radius 3 is 2.60 bits per heavy atom. The lowest BCUT2D eigenvalue weighted by molar-refractivity contribution is 0.247. The Morgan fingerprint density at radius 1 is 1.05 bits per heavy atom. The van der Waals surface area contributed by atoms with Gasteiger partial charge in [-0.15, -0.1) is 0 Å². The number of fused-ring (bicyclic) bond motifs is 1. The average Bonchev–Trinajstić information content (AvgIpc) is 3.13. The van der Waals surface area contributed by atoms with E-state index in [0.29, 0.717) is 12.1 Å². The van der Waals surface area contributed by atoms with Crippen molar-refractivity contribution in [1.29, 1.82) is 0 Å². The minimum atomic E-state index is 0.464. The van der Waals surface area contributed by atoms with Gasteiger partial charge in [-0.2, -0.15) is 0 Å². The van der Waals surface area contributed by atoms with E-state index in [-0.39, 0.29) is 0 Å². The van der Waals surface area contributed by atoms with Crippen LogP contribution in [0.3, 0.4) is 0 Å². The van der Waals surface area contributed by atoms with Gasteiger partial charge in [0.2, 0.25) is 0 Å². The molecule has 1 saturated heterocycles. The first-order valence-electron chi connectivity index (χ1n) is 8.33. The van der Waals surface area contributed by atoms with Crippen molar-refractivity contribution in [3.05, 3.63) is 34.9 Å². The van der Waals surface area contributed by atoms with Crippen LogP contribution in [0.5, 0.6) is 0 Å². The van der Waals surface area contributed by atoms with Gasteiger partial charge in [0.25, 0.3) is 0 Å². The van der Waals surface area contributed by atoms with Crippen LogP contribution < -0.4 is 5.32 Å². The van der Waals surface area contributed by atoms with Crippen LogP contribution >= 0.6 is 0 Å². The maximum absolute atomic E-state index is 3.73. The number of hydrogen-bond acceptors (Lipinski definition) is 2. The van der Waals surface area contributed by atoms with Gasteiger partial charge < -0.3 is 5.32 Å². The normalized spacial score (nSPS) is 21.9. The van der Waals surface area contributed by atoms with Gasteiger partial charge >= 0.3 is 0 Å². The van der Waals surface area contributed by atoms with Crippen LogP contribution in [0.4, 0.5) is 0 Å². The molecule has 1 aliphatic carbocycles. The summed E-state index contributed by atoms with van der Waals surface area (Å²) in [6.45, 7) is 8.32. The van der Waals surface area contributed by atoms with Crippen molar-refractivity contribution >= 4 is 0 Å². The second kappa shape index (κ2) is 6.28. The van der Waals surface area contributed by atoms with Crippen LogP contribution in [0.25, 0.3) is 0 Å². The molecule has 3 rings (SSSR count). The third kappa shape index (κ3) is 3.07. The summed E-state index contributed by atoms with van der Waals surface area (Å²) in [6, 6.07) is 8.23. The van der Waals surface area contributed by atoms with E-state index in [4.69, 9.17) is 0 Å². The molecule has 0 radical (unpaired) electrons. The Balaban J connectivity index is 1.54. The molecule has 0 bridgehead atoms. The summed E-state index contributed by atoms with van der Waals surface area (Å²) >= 11 is 0. The quantitative estimate of drug-likeness (QED) is 0.884. The molecule has 1 fully saturated rings. The number of hydrogen-bond donors (Lipinski definition) is 1. The lowest BCUT2D eigenvalue weighted by Gasteiger charge is -2.26. The van der Waals surface area contributed by atoms with Crippen molar-refractivity contribution in [3.8, 4) is 0 Å². The Labute approximate surface area is 123 Å². The monoisotopic (exact) mass is 272 g/mol. The molecule has 0 aromatic heterocycles. The summed E-state index contributed by atoms with van der Waals surface area (Å²) in [4.78, 5) is 2.61. The molecule has 2 heteroatoms. The van der Waals surface area contributed by atoms with Crippen LogP contribution in [0.1, 0.15) is 55.8 Å². The molecule has 20 heavy (non-hydrogen) atoms. The number of likely N-dealkylation sites (tertiary alicyclic amines) is 1. The van der Waals surface area contributed by atoms with Crippen molar-refractivity contribution in [2.75, 3.05) is 19.6 Å². The average molecular weight is 272 g/mol.